The molecule has 3 rings (SSSR count). The molecule has 0 radical (unpaired) electrons. The minimum atomic E-state index is -0.307. The fraction of sp³-hybridized carbons (Fsp3) is 0.647. The number of aryl methyl sites for hydroxylation is 1. The Bertz CT molecular complexity index is 532. The highest BCUT2D eigenvalue weighted by Crippen LogP contribution is 2.40. The minimum Gasteiger partial charge on any atom is -0.391 e. The SMILES string of the molecule is Cc1cc(Cl)cc2c1C[C@@H](O)[C@@H]2N1CCC[C@@H](N(C)C)C1. The monoisotopic (exact) mass is 308 g/mol. The van der Waals surface area contributed by atoms with Gasteiger partial charge in [0.2, 0.25) is 0 Å². The molecule has 1 aliphatic heterocycles. The van der Waals surface area contributed by atoms with Crippen molar-refractivity contribution in [3.05, 3.63) is 33.8 Å². The maximum absolute atomic E-state index is 10.6. The first kappa shape index (κ1) is 15.3. The van der Waals surface area contributed by atoms with Gasteiger partial charge in [-0.1, -0.05) is 11.6 Å². The Morgan fingerprint density at radius 3 is 2.81 bits per heavy atom. The third kappa shape index (κ3) is 2.85. The molecule has 0 unspecified atom stereocenters. The molecule has 3 atom stereocenters. The fourth-order valence-electron chi connectivity index (χ4n) is 3.97. The van der Waals surface area contributed by atoms with Gasteiger partial charge in [0.1, 0.15) is 0 Å². The van der Waals surface area contributed by atoms with Gasteiger partial charge in [0, 0.05) is 24.0 Å². The van der Waals surface area contributed by atoms with E-state index in [0.717, 1.165) is 24.5 Å². The van der Waals surface area contributed by atoms with Crippen molar-refractivity contribution < 1.29 is 5.11 Å². The average molecular weight is 309 g/mol. The summed E-state index contributed by atoms with van der Waals surface area (Å²) in [7, 11) is 4.29. The zero-order valence-electron chi connectivity index (χ0n) is 13.1. The Morgan fingerprint density at radius 1 is 1.33 bits per heavy atom. The summed E-state index contributed by atoms with van der Waals surface area (Å²) in [5.41, 5.74) is 3.75. The van der Waals surface area contributed by atoms with E-state index in [1.165, 1.54) is 29.5 Å². The molecule has 0 aromatic heterocycles. The van der Waals surface area contributed by atoms with Crippen LogP contribution in [0.3, 0.4) is 0 Å². The van der Waals surface area contributed by atoms with Crippen molar-refractivity contribution in [2.75, 3.05) is 27.2 Å². The largest absolute Gasteiger partial charge is 0.391 e. The van der Waals surface area contributed by atoms with E-state index in [-0.39, 0.29) is 12.1 Å². The van der Waals surface area contributed by atoms with E-state index in [0.29, 0.717) is 6.04 Å². The standard InChI is InChI=1S/C17H25ClN2O/c1-11-7-12(18)8-15-14(11)9-16(21)17(15)20-6-4-5-13(10-20)19(2)3/h7-8,13,16-17,21H,4-6,9-10H2,1-3H3/t13-,16-,17-/m1/s1. The second-order valence-corrected chi connectivity index (χ2v) is 7.20. The molecule has 21 heavy (non-hydrogen) atoms. The Balaban J connectivity index is 1.90. The van der Waals surface area contributed by atoms with E-state index in [2.05, 4.69) is 36.9 Å². The molecule has 1 aromatic rings. The number of piperidine rings is 1. The topological polar surface area (TPSA) is 26.7 Å². The van der Waals surface area contributed by atoms with Crippen LogP contribution in [-0.2, 0) is 6.42 Å². The normalized spacial score (nSPS) is 29.9. The van der Waals surface area contributed by atoms with Crippen molar-refractivity contribution in [1.82, 2.24) is 9.80 Å². The lowest BCUT2D eigenvalue weighted by molar-refractivity contribution is 0.0267. The van der Waals surface area contributed by atoms with Crippen LogP contribution in [0, 0.1) is 6.92 Å². The lowest BCUT2D eigenvalue weighted by Gasteiger charge is -2.40. The molecule has 1 N–H and O–H groups in total. The van der Waals surface area contributed by atoms with Gasteiger partial charge in [0.05, 0.1) is 12.1 Å². The van der Waals surface area contributed by atoms with Crippen LogP contribution in [0.4, 0.5) is 0 Å². The van der Waals surface area contributed by atoms with Crippen LogP contribution in [0.5, 0.6) is 0 Å². The van der Waals surface area contributed by atoms with Crippen molar-refractivity contribution in [2.24, 2.45) is 0 Å². The zero-order valence-corrected chi connectivity index (χ0v) is 13.9. The molecule has 1 saturated heterocycles. The predicted octanol–water partition coefficient (Wildman–Crippen LogP) is 2.63. The molecular weight excluding hydrogens is 284 g/mol. The number of hydrogen-bond donors (Lipinski definition) is 1. The number of hydrogen-bond acceptors (Lipinski definition) is 3. The van der Waals surface area contributed by atoms with Gasteiger partial charge in [-0.15, -0.1) is 0 Å². The Labute approximate surface area is 132 Å². The average Bonchev–Trinajstić information content (AvgIpc) is 2.75. The van der Waals surface area contributed by atoms with Gasteiger partial charge in [-0.3, -0.25) is 4.90 Å². The van der Waals surface area contributed by atoms with Crippen molar-refractivity contribution in [3.8, 4) is 0 Å². The van der Waals surface area contributed by atoms with Gasteiger partial charge in [-0.05, 0) is 69.2 Å². The maximum Gasteiger partial charge on any atom is 0.0777 e. The molecule has 2 aliphatic rings. The van der Waals surface area contributed by atoms with Crippen LogP contribution < -0.4 is 0 Å². The van der Waals surface area contributed by atoms with E-state index in [9.17, 15) is 5.11 Å². The third-order valence-corrected chi connectivity index (χ3v) is 5.34. The molecule has 0 bridgehead atoms. The summed E-state index contributed by atoms with van der Waals surface area (Å²) in [4.78, 5) is 4.76. The van der Waals surface area contributed by atoms with Gasteiger partial charge in [0.15, 0.2) is 0 Å². The number of aliphatic hydroxyl groups is 1. The van der Waals surface area contributed by atoms with Gasteiger partial charge in [-0.25, -0.2) is 0 Å². The molecule has 0 saturated carbocycles. The van der Waals surface area contributed by atoms with Crippen molar-refractivity contribution in [2.45, 2.75) is 44.4 Å². The van der Waals surface area contributed by atoms with Crippen LogP contribution in [-0.4, -0.2) is 54.2 Å². The molecule has 0 amide bonds. The number of likely N-dealkylation sites (N-methyl/N-ethyl adjacent to an activating group) is 1. The molecule has 0 spiro atoms. The molecule has 1 aromatic carbocycles. The summed E-state index contributed by atoms with van der Waals surface area (Å²) in [5.74, 6) is 0. The van der Waals surface area contributed by atoms with Gasteiger partial charge >= 0.3 is 0 Å². The smallest absolute Gasteiger partial charge is 0.0777 e. The summed E-state index contributed by atoms with van der Waals surface area (Å²) in [5, 5.41) is 11.4. The molecular formula is C17H25ClN2O. The molecule has 1 fully saturated rings. The summed E-state index contributed by atoms with van der Waals surface area (Å²) < 4.78 is 0. The van der Waals surface area contributed by atoms with Crippen molar-refractivity contribution in [3.63, 3.8) is 0 Å². The number of likely N-dealkylation sites (tertiary alicyclic amines) is 1. The summed E-state index contributed by atoms with van der Waals surface area (Å²) in [6, 6.07) is 4.76. The summed E-state index contributed by atoms with van der Waals surface area (Å²) in [6.45, 7) is 4.19. The van der Waals surface area contributed by atoms with Crippen LogP contribution >= 0.6 is 11.6 Å². The van der Waals surface area contributed by atoms with E-state index in [4.69, 9.17) is 11.6 Å². The molecule has 3 nitrogen and oxygen atoms in total. The number of nitrogens with zero attached hydrogens (tertiary/aromatic N) is 2. The number of aliphatic hydroxyl groups excluding tert-OH is 1. The van der Waals surface area contributed by atoms with E-state index >= 15 is 0 Å². The van der Waals surface area contributed by atoms with E-state index in [1.54, 1.807) is 0 Å². The van der Waals surface area contributed by atoms with Crippen molar-refractivity contribution in [1.29, 1.82) is 0 Å². The highest BCUT2D eigenvalue weighted by atomic mass is 35.5. The fourth-order valence-corrected chi connectivity index (χ4v) is 4.25. The highest BCUT2D eigenvalue weighted by molar-refractivity contribution is 6.30. The molecule has 116 valence electrons. The van der Waals surface area contributed by atoms with Crippen LogP contribution in [0.25, 0.3) is 0 Å². The Hall–Kier alpha value is -0.610. The Morgan fingerprint density at radius 2 is 2.10 bits per heavy atom. The predicted molar refractivity (Wildman–Crippen MR) is 86.9 cm³/mol. The van der Waals surface area contributed by atoms with Crippen LogP contribution in [0.15, 0.2) is 12.1 Å². The van der Waals surface area contributed by atoms with E-state index < -0.39 is 0 Å². The third-order valence-electron chi connectivity index (χ3n) is 5.12. The number of fused-ring (bicyclic) bond motifs is 1. The Kier molecular flexibility index (Phi) is 4.28. The quantitative estimate of drug-likeness (QED) is 0.910. The van der Waals surface area contributed by atoms with Gasteiger partial charge in [0.25, 0.3) is 0 Å². The van der Waals surface area contributed by atoms with Crippen molar-refractivity contribution >= 4 is 11.6 Å². The van der Waals surface area contributed by atoms with Gasteiger partial charge < -0.3 is 10.0 Å². The molecule has 1 aliphatic carbocycles. The van der Waals surface area contributed by atoms with Crippen LogP contribution in [0.1, 0.15) is 35.6 Å². The second kappa shape index (κ2) is 5.88. The minimum absolute atomic E-state index is 0.111. The molecule has 4 heteroatoms. The highest BCUT2D eigenvalue weighted by Gasteiger charge is 2.38. The number of benzene rings is 1. The van der Waals surface area contributed by atoms with Gasteiger partial charge in [-0.2, -0.15) is 0 Å². The second-order valence-electron chi connectivity index (χ2n) is 6.76. The number of halogens is 1. The lowest BCUT2D eigenvalue weighted by atomic mass is 9.98. The lowest BCUT2D eigenvalue weighted by Crippen LogP contribution is -2.48. The maximum atomic E-state index is 10.6. The first-order valence-corrected chi connectivity index (χ1v) is 8.22. The summed E-state index contributed by atoms with van der Waals surface area (Å²) >= 11 is 6.25. The van der Waals surface area contributed by atoms with E-state index in [1.807, 2.05) is 6.07 Å². The van der Waals surface area contributed by atoms with Crippen LogP contribution in [0.2, 0.25) is 5.02 Å². The first-order chi connectivity index (χ1) is 9.97. The molecule has 1 heterocycles. The number of rotatable bonds is 2. The first-order valence-electron chi connectivity index (χ1n) is 7.85. The summed E-state index contributed by atoms with van der Waals surface area (Å²) in [6.07, 6.45) is 2.89. The zero-order chi connectivity index (χ0) is 15.1.